The van der Waals surface area contributed by atoms with Gasteiger partial charge in [0.2, 0.25) is 0 Å². The maximum Gasteiger partial charge on any atom is 0 e. The molecule has 8 nitrogen and oxygen atoms in total. The molecular weight excluding hydrogens is 1630 g/mol. The van der Waals surface area contributed by atoms with E-state index in [1.54, 1.807) is 6.08 Å². The summed E-state index contributed by atoms with van der Waals surface area (Å²) >= 11 is -1.66. The van der Waals surface area contributed by atoms with Crippen LogP contribution in [-0.4, -0.2) is 55.2 Å². The van der Waals surface area contributed by atoms with E-state index in [1.165, 1.54) is 218 Å². The number of allylic oxidation sites excluding steroid dienone is 1. The molecule has 12 fully saturated rings. The van der Waals surface area contributed by atoms with Crippen LogP contribution in [0.3, 0.4) is 0 Å². The van der Waals surface area contributed by atoms with Gasteiger partial charge in [-0.2, -0.15) is 0 Å². The number of aldehydes is 1. The van der Waals surface area contributed by atoms with E-state index in [9.17, 15) is 24.3 Å². The maximum absolute atomic E-state index is 11.5. The number of fused-ring (bicyclic) bond motifs is 5. The molecule has 13 rings (SSSR count). The number of rotatable bonds is 25. The van der Waals surface area contributed by atoms with Gasteiger partial charge < -0.3 is 24.1 Å². The van der Waals surface area contributed by atoms with Gasteiger partial charge in [0, 0.05) is 24.4 Å². The normalized spacial score (nSPS) is 39.3. The van der Waals surface area contributed by atoms with E-state index in [0.717, 1.165) is 168 Å². The molecule has 0 aromatic heterocycles. The van der Waals surface area contributed by atoms with Crippen LogP contribution in [-0.2, 0) is 46.4 Å². The minimum Gasteiger partial charge on any atom is 0 e. The van der Waals surface area contributed by atoms with E-state index in [1.807, 2.05) is 27.7 Å². The number of esters is 3. The van der Waals surface area contributed by atoms with Gasteiger partial charge in [0.05, 0.1) is 31.8 Å². The standard InChI is InChI=1S/C22H40O.C21H36O2.2C21H34O2.C19H34O.C3H6.CH4.3ClH.Rh.H2/c1-7-18(21(23)15(2)3)11-10-17(5)20-13-12-19-16(4)9-8-14-22(19,20)6;3*1-14-6-5-11-21(4)18(14)9-10-19(21)15(2)7-8-17-12-16(3)20(22)23-13-17;1-5-16(13-20)9-8-15(3)18-11-10-17-14(2)7-6-12-19(17,18)4;1-3-2;;;;;;/h16-21,23H,2,7-14H2,1,3-6H3;14-19H,5-13H2,1-4H3;12,14-15,17-19H,5-11,13H2,1-4H3;14-15,17-19H,3,5-13H2,1-2,4H3;13-18H,5-12H2,1-4H3;3H,1H2,2H3;1H4;3*1H;;1H/q;;;;;;;;;;+3;/p-3/t16-,17?,18?,19?,20+,21?,22-;14-,15?,16?,17?,18?,19+,21-;2*14-,15?,17?,18?,19+,21-;14-,15?,16?,17?,18+,19-;;;;;;;/m00000......./s1. The Balaban J connectivity index is 0.000000263. The first kappa shape index (κ1) is 107. The largest absolute Gasteiger partial charge is 0 e. The summed E-state index contributed by atoms with van der Waals surface area (Å²) < 4.78 is 15.9. The van der Waals surface area contributed by atoms with Crippen molar-refractivity contribution < 1.29 is 52.9 Å². The topological polar surface area (TPSA) is 116 Å². The summed E-state index contributed by atoms with van der Waals surface area (Å²) in [5, 5.41) is 10.3. The summed E-state index contributed by atoms with van der Waals surface area (Å²) in [6, 6.07) is 0. The molecule has 10 saturated carbocycles. The van der Waals surface area contributed by atoms with Crippen molar-refractivity contribution in [2.75, 3.05) is 19.8 Å². The fraction of sp³-hybridized carbons (Fsp3) is 0.889. The second kappa shape index (κ2) is 50.0. The molecule has 0 amide bonds. The molecule has 0 aromatic carbocycles. The van der Waals surface area contributed by atoms with Crippen molar-refractivity contribution in [2.45, 2.75) is 409 Å². The number of cyclic esters (lactones) is 3. The predicted octanol–water partition coefficient (Wildman–Crippen LogP) is 32.0. The number of hydrogen-bond acceptors (Lipinski definition) is 8. The Bertz CT molecular complexity index is 3160. The van der Waals surface area contributed by atoms with Gasteiger partial charge in [0.25, 0.3) is 0 Å². The molecule has 0 radical (unpaired) electrons. The van der Waals surface area contributed by atoms with Crippen LogP contribution in [0.25, 0.3) is 0 Å². The van der Waals surface area contributed by atoms with E-state index < -0.39 is 13.0 Å². The fourth-order valence-electron chi connectivity index (χ4n) is 30.6. The third-order valence-electron chi connectivity index (χ3n) is 37.4. The van der Waals surface area contributed by atoms with E-state index in [4.69, 9.17) is 43.3 Å². The van der Waals surface area contributed by atoms with Gasteiger partial charge in [0.15, 0.2) is 0 Å². The van der Waals surface area contributed by atoms with E-state index >= 15 is 0 Å². The number of aliphatic hydroxyl groups excluding tert-OH is 1. The van der Waals surface area contributed by atoms with Crippen molar-refractivity contribution in [3.8, 4) is 0 Å². The molecule has 32 atom stereocenters. The van der Waals surface area contributed by atoms with Crippen LogP contribution in [0.5, 0.6) is 0 Å². The SMILES string of the molecule is C.C=C(C)C(O)C(CC)CCC(C)[C@H]1CCC2[C@@H](C)CCC[C@@]21C.C=C1CC(CCC(C)[C@H]2CCC3[C@@H](C)CCC[C@@]32C)COC1=O.C=CC.CC1=CC(CCC(C)[C@H]2CCC3[C@@H](C)CCC[C@@]32C)COC1=O.CC1CC(CCC(C)[C@H]2CCC3[C@@H](C)CCC[C@@]32C)COC1=O.CCC(C=O)CCC(C)[C@H]1CCC2[C@@H](C)CCC[C@@]21C.[Cl][Rh]([Cl])[Cl].[HH]. The molecule has 3 aliphatic heterocycles. The molecule has 120 heavy (non-hydrogen) atoms. The molecule has 3 heterocycles. The average Bonchev–Trinajstić information content (AvgIpc) is 1.69. The van der Waals surface area contributed by atoms with Gasteiger partial charge >= 0.3 is 60.0 Å². The van der Waals surface area contributed by atoms with Crippen LogP contribution in [0.15, 0.2) is 48.6 Å². The smallest absolute Gasteiger partial charge is 0 e. The van der Waals surface area contributed by atoms with Crippen molar-refractivity contribution in [1.82, 2.24) is 0 Å². The zero-order chi connectivity index (χ0) is 88.1. The first-order valence-corrected chi connectivity index (χ1v) is 56.4. The summed E-state index contributed by atoms with van der Waals surface area (Å²) in [7, 11) is 14.8. The minimum atomic E-state index is -1.66. The van der Waals surface area contributed by atoms with Crippen LogP contribution in [0.2, 0.25) is 0 Å². The summed E-state index contributed by atoms with van der Waals surface area (Å²) in [4.78, 5) is 45.3. The van der Waals surface area contributed by atoms with Crippen LogP contribution in [0.1, 0.15) is 405 Å². The minimum absolute atomic E-state index is 0. The van der Waals surface area contributed by atoms with Crippen LogP contribution < -0.4 is 0 Å². The van der Waals surface area contributed by atoms with Crippen molar-refractivity contribution in [1.29, 1.82) is 0 Å². The summed E-state index contributed by atoms with van der Waals surface area (Å²) in [5.74, 6) is 20.0. The van der Waals surface area contributed by atoms with Crippen LogP contribution in [0, 0.1) is 181 Å². The second-order valence-corrected chi connectivity index (χ2v) is 52.5. The van der Waals surface area contributed by atoms with Gasteiger partial charge in [-0.1, -0.05) is 253 Å². The van der Waals surface area contributed by atoms with Crippen LogP contribution in [0.4, 0.5) is 0 Å². The molecule has 10 aliphatic carbocycles. The Morgan fingerprint density at radius 3 is 1.16 bits per heavy atom. The van der Waals surface area contributed by atoms with Crippen molar-refractivity contribution in [2.24, 2.45) is 181 Å². The third kappa shape index (κ3) is 27.8. The Hall–Kier alpha value is -1.51. The number of ether oxygens (including phenoxy) is 3. The zero-order valence-corrected chi connectivity index (χ0v) is 84.3. The average molecular weight is 1830 g/mol. The molecule has 17 unspecified atom stereocenters. The monoisotopic (exact) mass is 1820 g/mol. The van der Waals surface area contributed by atoms with Gasteiger partial charge in [0.1, 0.15) is 6.29 Å². The summed E-state index contributed by atoms with van der Waals surface area (Å²) in [6.07, 6.45) is 57.0. The van der Waals surface area contributed by atoms with Gasteiger partial charge in [-0.25, -0.2) is 9.59 Å². The van der Waals surface area contributed by atoms with Gasteiger partial charge in [-0.05, 0) is 344 Å². The quantitative estimate of drug-likeness (QED) is 0.0240. The second-order valence-electron chi connectivity index (χ2n) is 45.0. The number of halogens is 3. The van der Waals surface area contributed by atoms with Gasteiger partial charge in [-0.15, -0.1) is 6.58 Å². The molecule has 1 N–H and O–H groups in total. The Labute approximate surface area is 759 Å². The maximum atomic E-state index is 11.5. The van der Waals surface area contributed by atoms with Crippen molar-refractivity contribution >= 4 is 53.3 Å². The predicted molar refractivity (Wildman–Crippen MR) is 510 cm³/mol. The Morgan fingerprint density at radius 2 is 0.842 bits per heavy atom. The molecular formula is C108H190Cl3O8Rh. The molecule has 12 heteroatoms. The van der Waals surface area contributed by atoms with Gasteiger partial charge in [-0.3, -0.25) is 4.79 Å². The number of carbonyl (C=O) groups is 4. The van der Waals surface area contributed by atoms with Crippen molar-refractivity contribution in [3.05, 3.63) is 48.6 Å². The molecule has 0 spiro atoms. The van der Waals surface area contributed by atoms with Crippen molar-refractivity contribution in [3.63, 3.8) is 0 Å². The van der Waals surface area contributed by atoms with E-state index in [-0.39, 0.29) is 38.8 Å². The zero-order valence-electron chi connectivity index (χ0n) is 80.4. The number of hydrogen-bond donors (Lipinski definition) is 1. The first-order chi connectivity index (χ1) is 56.2. The third-order valence-corrected chi connectivity index (χ3v) is 37.4. The van der Waals surface area contributed by atoms with E-state index in [2.05, 4.69) is 144 Å². The van der Waals surface area contributed by atoms with E-state index in [0.29, 0.717) is 82.1 Å². The first-order valence-electron chi connectivity index (χ1n) is 50.1. The molecule has 0 bridgehead atoms. The summed E-state index contributed by atoms with van der Waals surface area (Å²) in [6.45, 7) is 62.9. The molecule has 700 valence electrons. The molecule has 13 aliphatic rings. The Morgan fingerprint density at radius 1 is 0.517 bits per heavy atom. The fourth-order valence-corrected chi connectivity index (χ4v) is 30.6. The molecule has 2 saturated heterocycles. The van der Waals surface area contributed by atoms with Crippen LogP contribution >= 0.6 is 29.1 Å². The number of carbonyl (C=O) groups excluding carboxylic acids is 4. The number of aliphatic hydroxyl groups is 1. The Kier molecular flexibility index (Phi) is 44.7. The summed E-state index contributed by atoms with van der Waals surface area (Å²) in [5.41, 5.74) is 5.35. The molecule has 0 aromatic rings.